The highest BCUT2D eigenvalue weighted by Gasteiger charge is 2.19. The molecule has 5 rings (SSSR count). The number of hydrogen-bond acceptors (Lipinski definition) is 9. The molecule has 184 valence electrons. The molecule has 0 unspecified atom stereocenters. The lowest BCUT2D eigenvalue weighted by Crippen LogP contribution is -2.26. The van der Waals surface area contributed by atoms with Crippen LogP contribution >= 0.6 is 0 Å². The first-order chi connectivity index (χ1) is 17.6. The molecule has 0 bridgehead atoms. The van der Waals surface area contributed by atoms with Crippen molar-refractivity contribution in [1.29, 1.82) is 0 Å². The van der Waals surface area contributed by atoms with Gasteiger partial charge in [-0.1, -0.05) is 0 Å². The molecular formula is C27H27N5O4. The predicted molar refractivity (Wildman–Crippen MR) is 136 cm³/mol. The van der Waals surface area contributed by atoms with Crippen molar-refractivity contribution >= 4 is 22.3 Å². The summed E-state index contributed by atoms with van der Waals surface area (Å²) in [6.07, 6.45) is 5.09. The van der Waals surface area contributed by atoms with Crippen LogP contribution in [0.2, 0.25) is 0 Å². The monoisotopic (exact) mass is 485 g/mol. The van der Waals surface area contributed by atoms with Gasteiger partial charge in [0, 0.05) is 35.7 Å². The van der Waals surface area contributed by atoms with Gasteiger partial charge in [0.2, 0.25) is 5.88 Å². The van der Waals surface area contributed by atoms with Crippen LogP contribution in [-0.2, 0) is 4.74 Å². The Balaban J connectivity index is 1.53. The molecule has 1 aliphatic rings. The lowest BCUT2D eigenvalue weighted by molar-refractivity contribution is 0.0261. The van der Waals surface area contributed by atoms with Crippen LogP contribution in [0.25, 0.3) is 22.0 Å². The molecule has 2 aromatic carbocycles. The summed E-state index contributed by atoms with van der Waals surface area (Å²) in [6, 6.07) is 13.3. The average Bonchev–Trinajstić information content (AvgIpc) is 2.93. The molecule has 0 spiro atoms. The van der Waals surface area contributed by atoms with E-state index in [4.69, 9.17) is 18.9 Å². The lowest BCUT2D eigenvalue weighted by Gasteiger charge is -2.24. The van der Waals surface area contributed by atoms with E-state index in [0.29, 0.717) is 30.5 Å². The first kappa shape index (κ1) is 23.6. The SMILES string of the molecule is COc1ccc(N=Nc2cc(-c3cc(OC4CCOCC4)c4ncnc(C)c4c3)cnc2OC)cc1. The Bertz CT molecular complexity index is 1390. The number of hydrogen-bond donors (Lipinski definition) is 0. The molecule has 9 heteroatoms. The minimum atomic E-state index is 0.0790. The summed E-state index contributed by atoms with van der Waals surface area (Å²) < 4.78 is 22.5. The summed E-state index contributed by atoms with van der Waals surface area (Å²) in [6.45, 7) is 3.36. The minimum absolute atomic E-state index is 0.0790. The highest BCUT2D eigenvalue weighted by atomic mass is 16.5. The predicted octanol–water partition coefficient (Wildman–Crippen LogP) is 5.99. The number of fused-ring (bicyclic) bond motifs is 1. The fourth-order valence-corrected chi connectivity index (χ4v) is 4.08. The van der Waals surface area contributed by atoms with Crippen LogP contribution in [-0.4, -0.2) is 48.5 Å². The Morgan fingerprint density at radius 2 is 1.69 bits per heavy atom. The quantitative estimate of drug-likeness (QED) is 0.296. The van der Waals surface area contributed by atoms with Gasteiger partial charge in [-0.3, -0.25) is 0 Å². The lowest BCUT2D eigenvalue weighted by atomic mass is 10.0. The summed E-state index contributed by atoms with van der Waals surface area (Å²) in [5.74, 6) is 1.86. The van der Waals surface area contributed by atoms with E-state index in [2.05, 4.69) is 31.2 Å². The Labute approximate surface area is 209 Å². The molecule has 1 aliphatic heterocycles. The molecule has 9 nitrogen and oxygen atoms in total. The van der Waals surface area contributed by atoms with Crippen LogP contribution in [0.1, 0.15) is 18.5 Å². The van der Waals surface area contributed by atoms with E-state index in [1.165, 1.54) is 0 Å². The zero-order valence-corrected chi connectivity index (χ0v) is 20.5. The van der Waals surface area contributed by atoms with Gasteiger partial charge in [0.1, 0.15) is 35.1 Å². The average molecular weight is 486 g/mol. The molecule has 2 aromatic heterocycles. The smallest absolute Gasteiger partial charge is 0.241 e. The summed E-state index contributed by atoms with van der Waals surface area (Å²) in [5.41, 5.74) is 4.63. The van der Waals surface area contributed by atoms with E-state index in [0.717, 1.165) is 52.1 Å². The Morgan fingerprint density at radius 1 is 0.889 bits per heavy atom. The maximum atomic E-state index is 6.42. The molecule has 0 amide bonds. The van der Waals surface area contributed by atoms with Gasteiger partial charge in [0.05, 0.1) is 33.1 Å². The van der Waals surface area contributed by atoms with Crippen molar-refractivity contribution in [1.82, 2.24) is 15.0 Å². The molecule has 36 heavy (non-hydrogen) atoms. The Kier molecular flexibility index (Phi) is 6.99. The second-order valence-corrected chi connectivity index (χ2v) is 8.41. The standard InChI is InChI=1S/C27H27N5O4/c1-17-23-12-18(14-25(26(23)30-16-29-17)36-22-8-10-35-11-9-22)19-13-24(27(34-3)28-15-19)32-31-20-4-6-21(33-2)7-5-20/h4-7,12-16,22H,8-11H2,1-3H3. The van der Waals surface area contributed by atoms with Crippen LogP contribution in [0.15, 0.2) is 65.2 Å². The fourth-order valence-electron chi connectivity index (χ4n) is 4.08. The van der Waals surface area contributed by atoms with Crippen LogP contribution in [0.4, 0.5) is 11.4 Å². The number of azo groups is 1. The maximum Gasteiger partial charge on any atom is 0.241 e. The van der Waals surface area contributed by atoms with E-state index in [9.17, 15) is 0 Å². The van der Waals surface area contributed by atoms with E-state index in [-0.39, 0.29) is 6.10 Å². The zero-order chi connectivity index (χ0) is 24.9. The third-order valence-electron chi connectivity index (χ3n) is 6.07. The minimum Gasteiger partial charge on any atom is -0.497 e. The third kappa shape index (κ3) is 5.11. The summed E-state index contributed by atoms with van der Waals surface area (Å²) >= 11 is 0. The van der Waals surface area contributed by atoms with Gasteiger partial charge in [-0.2, -0.15) is 5.11 Å². The normalized spacial score (nSPS) is 14.3. The number of benzene rings is 2. The van der Waals surface area contributed by atoms with Gasteiger partial charge >= 0.3 is 0 Å². The highest BCUT2D eigenvalue weighted by molar-refractivity contribution is 5.91. The van der Waals surface area contributed by atoms with Crippen LogP contribution in [0.5, 0.6) is 17.4 Å². The molecule has 0 atom stereocenters. The first-order valence-electron chi connectivity index (χ1n) is 11.7. The van der Waals surface area contributed by atoms with E-state index >= 15 is 0 Å². The first-order valence-corrected chi connectivity index (χ1v) is 11.7. The van der Waals surface area contributed by atoms with Crippen LogP contribution in [0.3, 0.4) is 0 Å². The van der Waals surface area contributed by atoms with E-state index in [1.54, 1.807) is 26.7 Å². The van der Waals surface area contributed by atoms with E-state index < -0.39 is 0 Å². The van der Waals surface area contributed by atoms with Crippen molar-refractivity contribution in [2.45, 2.75) is 25.9 Å². The highest BCUT2D eigenvalue weighted by Crippen LogP contribution is 2.37. The maximum absolute atomic E-state index is 6.42. The topological polar surface area (TPSA) is 100 Å². The van der Waals surface area contributed by atoms with Gasteiger partial charge in [-0.05, 0) is 55.0 Å². The summed E-state index contributed by atoms with van der Waals surface area (Å²) in [5, 5.41) is 9.68. The summed E-state index contributed by atoms with van der Waals surface area (Å²) in [7, 11) is 3.18. The molecule has 1 fully saturated rings. The molecule has 1 saturated heterocycles. The number of methoxy groups -OCH3 is 2. The van der Waals surface area contributed by atoms with Crippen molar-refractivity contribution in [3.8, 4) is 28.5 Å². The van der Waals surface area contributed by atoms with Crippen molar-refractivity contribution in [2.24, 2.45) is 10.2 Å². The fraction of sp³-hybridized carbons (Fsp3) is 0.296. The largest absolute Gasteiger partial charge is 0.497 e. The number of aryl methyl sites for hydroxylation is 1. The van der Waals surface area contributed by atoms with Gasteiger partial charge in [0.25, 0.3) is 0 Å². The molecule has 0 aliphatic carbocycles. The molecular weight excluding hydrogens is 458 g/mol. The van der Waals surface area contributed by atoms with Crippen molar-refractivity contribution in [2.75, 3.05) is 27.4 Å². The summed E-state index contributed by atoms with van der Waals surface area (Å²) in [4.78, 5) is 13.4. The number of rotatable bonds is 7. The van der Waals surface area contributed by atoms with Gasteiger partial charge in [0.15, 0.2) is 0 Å². The van der Waals surface area contributed by atoms with Gasteiger partial charge in [-0.25, -0.2) is 15.0 Å². The second-order valence-electron chi connectivity index (χ2n) is 8.41. The zero-order valence-electron chi connectivity index (χ0n) is 20.5. The molecule has 0 radical (unpaired) electrons. The van der Waals surface area contributed by atoms with Gasteiger partial charge in [-0.15, -0.1) is 5.11 Å². The third-order valence-corrected chi connectivity index (χ3v) is 6.07. The second kappa shape index (κ2) is 10.7. The molecule has 3 heterocycles. The van der Waals surface area contributed by atoms with Crippen LogP contribution in [0, 0.1) is 6.92 Å². The molecule has 0 saturated carbocycles. The number of ether oxygens (including phenoxy) is 4. The van der Waals surface area contributed by atoms with E-state index in [1.807, 2.05) is 43.3 Å². The number of aromatic nitrogens is 3. The van der Waals surface area contributed by atoms with Crippen molar-refractivity contribution in [3.63, 3.8) is 0 Å². The van der Waals surface area contributed by atoms with Gasteiger partial charge < -0.3 is 18.9 Å². The number of pyridine rings is 1. The Morgan fingerprint density at radius 3 is 2.44 bits per heavy atom. The molecule has 0 N–H and O–H groups in total. The van der Waals surface area contributed by atoms with Crippen molar-refractivity contribution < 1.29 is 18.9 Å². The molecule has 4 aromatic rings. The Hall–Kier alpha value is -4.11. The van der Waals surface area contributed by atoms with Crippen molar-refractivity contribution in [3.05, 3.63) is 60.7 Å². The number of nitrogens with zero attached hydrogens (tertiary/aromatic N) is 5. The van der Waals surface area contributed by atoms with Crippen LogP contribution < -0.4 is 14.2 Å².